The van der Waals surface area contributed by atoms with E-state index in [2.05, 4.69) is 21.2 Å². The van der Waals surface area contributed by atoms with Crippen molar-refractivity contribution in [2.75, 3.05) is 0 Å². The molecule has 0 aliphatic carbocycles. The zero-order valence-corrected chi connectivity index (χ0v) is 19.4. The summed E-state index contributed by atoms with van der Waals surface area (Å²) in [5, 5.41) is 4.10. The number of halogens is 1. The second kappa shape index (κ2) is 9.39. The monoisotopic (exact) mass is 492 g/mol. The fourth-order valence-corrected chi connectivity index (χ4v) is 4.42. The Bertz CT molecular complexity index is 1380. The fraction of sp³-hybridized carbons (Fsp3) is 0.0345. The van der Waals surface area contributed by atoms with Crippen molar-refractivity contribution < 1.29 is 4.79 Å². The molecule has 0 aliphatic heterocycles. The summed E-state index contributed by atoms with van der Waals surface area (Å²) in [6.45, 7) is 0. The Kier molecular flexibility index (Phi) is 6.01. The Labute approximate surface area is 201 Å². The van der Waals surface area contributed by atoms with Crippen molar-refractivity contribution in [2.24, 2.45) is 0 Å². The normalized spacial score (nSPS) is 11.0. The van der Waals surface area contributed by atoms with Crippen LogP contribution < -0.4 is 5.32 Å². The van der Waals surface area contributed by atoms with Gasteiger partial charge in [-0.3, -0.25) is 4.79 Å². The molecule has 0 bridgehead atoms. The first-order valence-electron chi connectivity index (χ1n) is 10.8. The number of carbonyl (C=O) groups is 1. The Morgan fingerprint density at radius 1 is 0.727 bits per heavy atom. The molecule has 0 spiro atoms. The van der Waals surface area contributed by atoms with Crippen molar-refractivity contribution in [1.29, 1.82) is 0 Å². The predicted octanol–water partition coefficient (Wildman–Crippen LogP) is 7.18. The summed E-state index contributed by atoms with van der Waals surface area (Å²) in [6.07, 6.45) is 0. The van der Waals surface area contributed by atoms with E-state index in [4.69, 9.17) is 4.98 Å². The van der Waals surface area contributed by atoms with Gasteiger partial charge in [0, 0.05) is 15.4 Å². The largest absolute Gasteiger partial charge is 0.341 e. The number of nitrogens with zero attached hydrogens (tertiary/aromatic N) is 1. The number of rotatable bonds is 5. The molecular formula is C29H21BrN2O. The van der Waals surface area contributed by atoms with E-state index in [1.165, 1.54) is 0 Å². The molecule has 1 aromatic heterocycles. The van der Waals surface area contributed by atoms with Crippen molar-refractivity contribution in [3.05, 3.63) is 136 Å². The zero-order chi connectivity index (χ0) is 22.6. The lowest BCUT2D eigenvalue weighted by molar-refractivity contribution is 0.0944. The quantitative estimate of drug-likeness (QED) is 0.282. The summed E-state index contributed by atoms with van der Waals surface area (Å²) < 4.78 is 0.967. The van der Waals surface area contributed by atoms with Gasteiger partial charge in [0.2, 0.25) is 0 Å². The highest BCUT2D eigenvalue weighted by Crippen LogP contribution is 2.28. The average molecular weight is 493 g/mol. The zero-order valence-electron chi connectivity index (χ0n) is 17.8. The highest BCUT2D eigenvalue weighted by atomic mass is 79.9. The van der Waals surface area contributed by atoms with E-state index >= 15 is 0 Å². The second-order valence-corrected chi connectivity index (χ2v) is 8.73. The number of amides is 1. The molecule has 33 heavy (non-hydrogen) atoms. The molecule has 5 rings (SSSR count). The SMILES string of the molecule is O=C(NC(c1ccccc1)c1ccccc1)c1cc(-c2cccc(Br)c2)nc2ccccc12. The minimum absolute atomic E-state index is 0.137. The van der Waals surface area contributed by atoms with E-state index in [1.54, 1.807) is 0 Å². The number of pyridine rings is 1. The molecule has 0 unspecified atom stereocenters. The second-order valence-electron chi connectivity index (χ2n) is 7.81. The van der Waals surface area contributed by atoms with Crippen molar-refractivity contribution in [2.45, 2.75) is 6.04 Å². The Balaban J connectivity index is 1.60. The third kappa shape index (κ3) is 4.57. The molecule has 1 N–H and O–H groups in total. The Hall–Kier alpha value is -3.76. The molecule has 4 heteroatoms. The van der Waals surface area contributed by atoms with Crippen molar-refractivity contribution in [3.8, 4) is 11.3 Å². The first-order chi connectivity index (χ1) is 16.2. The van der Waals surface area contributed by atoms with Gasteiger partial charge in [-0.15, -0.1) is 0 Å². The molecule has 3 nitrogen and oxygen atoms in total. The third-order valence-electron chi connectivity index (χ3n) is 5.62. The van der Waals surface area contributed by atoms with E-state index in [1.807, 2.05) is 115 Å². The Morgan fingerprint density at radius 3 is 2.03 bits per heavy atom. The van der Waals surface area contributed by atoms with Crippen LogP contribution in [0.3, 0.4) is 0 Å². The highest BCUT2D eigenvalue weighted by Gasteiger charge is 2.20. The van der Waals surface area contributed by atoms with E-state index in [-0.39, 0.29) is 11.9 Å². The van der Waals surface area contributed by atoms with Gasteiger partial charge in [-0.2, -0.15) is 0 Å². The molecule has 1 heterocycles. The maximum atomic E-state index is 13.7. The van der Waals surface area contributed by atoms with Crippen LogP contribution >= 0.6 is 15.9 Å². The summed E-state index contributed by atoms with van der Waals surface area (Å²) >= 11 is 3.53. The standard InChI is InChI=1S/C29H21BrN2O/c30-23-15-9-14-22(18-23)27-19-25(24-16-7-8-17-26(24)31-27)29(33)32-28(20-10-3-1-4-11-20)21-12-5-2-6-13-21/h1-19,28H,(H,32,33). The topological polar surface area (TPSA) is 42.0 Å². The predicted molar refractivity (Wildman–Crippen MR) is 137 cm³/mol. The van der Waals surface area contributed by atoms with E-state index in [0.717, 1.165) is 37.8 Å². The minimum Gasteiger partial charge on any atom is -0.341 e. The van der Waals surface area contributed by atoms with Gasteiger partial charge < -0.3 is 5.32 Å². The van der Waals surface area contributed by atoms with Crippen LogP contribution in [0, 0.1) is 0 Å². The molecule has 160 valence electrons. The smallest absolute Gasteiger partial charge is 0.252 e. The van der Waals surface area contributed by atoms with Crippen LogP contribution in [0.1, 0.15) is 27.5 Å². The average Bonchev–Trinajstić information content (AvgIpc) is 2.87. The molecular weight excluding hydrogens is 472 g/mol. The summed E-state index contributed by atoms with van der Waals surface area (Å²) in [7, 11) is 0. The summed E-state index contributed by atoms with van der Waals surface area (Å²) in [6, 6.07) is 37.4. The third-order valence-corrected chi connectivity index (χ3v) is 6.12. The maximum absolute atomic E-state index is 13.7. The molecule has 0 fully saturated rings. The molecule has 0 saturated carbocycles. The number of benzene rings is 4. The number of para-hydroxylation sites is 1. The van der Waals surface area contributed by atoms with Gasteiger partial charge in [0.1, 0.15) is 0 Å². The van der Waals surface area contributed by atoms with Gasteiger partial charge in [0.05, 0.1) is 22.8 Å². The number of nitrogens with one attached hydrogen (secondary N) is 1. The molecule has 5 aromatic rings. The van der Waals surface area contributed by atoms with Gasteiger partial charge in [0.15, 0.2) is 0 Å². The van der Waals surface area contributed by atoms with Gasteiger partial charge in [-0.1, -0.05) is 107 Å². The highest BCUT2D eigenvalue weighted by molar-refractivity contribution is 9.10. The van der Waals surface area contributed by atoms with Crippen LogP contribution in [0.2, 0.25) is 0 Å². The summed E-state index contributed by atoms with van der Waals surface area (Å²) in [4.78, 5) is 18.5. The summed E-state index contributed by atoms with van der Waals surface area (Å²) in [5.74, 6) is -0.137. The van der Waals surface area contributed by atoms with Crippen LogP contribution in [-0.2, 0) is 0 Å². The number of hydrogen-bond donors (Lipinski definition) is 1. The van der Waals surface area contributed by atoms with Crippen molar-refractivity contribution in [3.63, 3.8) is 0 Å². The molecule has 0 aliphatic rings. The van der Waals surface area contributed by atoms with Gasteiger partial charge in [-0.25, -0.2) is 4.98 Å². The van der Waals surface area contributed by atoms with Crippen LogP contribution in [0.25, 0.3) is 22.2 Å². The van der Waals surface area contributed by atoms with Crippen LogP contribution in [-0.4, -0.2) is 10.9 Å². The van der Waals surface area contributed by atoms with Crippen LogP contribution in [0.5, 0.6) is 0 Å². The van der Waals surface area contributed by atoms with E-state index < -0.39 is 0 Å². The molecule has 0 atom stereocenters. The van der Waals surface area contributed by atoms with Gasteiger partial charge in [0.25, 0.3) is 5.91 Å². The molecule has 0 saturated heterocycles. The molecule has 0 radical (unpaired) electrons. The van der Waals surface area contributed by atoms with E-state index in [0.29, 0.717) is 5.56 Å². The number of hydrogen-bond acceptors (Lipinski definition) is 2. The lowest BCUT2D eigenvalue weighted by Gasteiger charge is -2.21. The number of carbonyl (C=O) groups excluding carboxylic acids is 1. The molecule has 1 amide bonds. The van der Waals surface area contributed by atoms with Crippen molar-refractivity contribution >= 4 is 32.7 Å². The van der Waals surface area contributed by atoms with Crippen molar-refractivity contribution in [1.82, 2.24) is 10.3 Å². The Morgan fingerprint density at radius 2 is 1.36 bits per heavy atom. The molecule has 4 aromatic carbocycles. The van der Waals surface area contributed by atoms with E-state index in [9.17, 15) is 4.79 Å². The van der Waals surface area contributed by atoms with Gasteiger partial charge >= 0.3 is 0 Å². The minimum atomic E-state index is -0.263. The van der Waals surface area contributed by atoms with Crippen LogP contribution in [0.4, 0.5) is 0 Å². The summed E-state index contributed by atoms with van der Waals surface area (Å²) in [5.41, 5.74) is 5.16. The van der Waals surface area contributed by atoms with Crippen LogP contribution in [0.15, 0.2) is 120 Å². The fourth-order valence-electron chi connectivity index (χ4n) is 4.02. The first-order valence-corrected chi connectivity index (χ1v) is 11.5. The number of aromatic nitrogens is 1. The van der Waals surface area contributed by atoms with Gasteiger partial charge in [-0.05, 0) is 35.4 Å². The maximum Gasteiger partial charge on any atom is 0.252 e. The number of fused-ring (bicyclic) bond motifs is 1. The lowest BCUT2D eigenvalue weighted by atomic mass is 9.97. The first kappa shape index (κ1) is 21.1. The lowest BCUT2D eigenvalue weighted by Crippen LogP contribution is -2.29.